The van der Waals surface area contributed by atoms with Crippen molar-refractivity contribution in [1.29, 1.82) is 0 Å². The molecule has 6 heteroatoms. The van der Waals surface area contributed by atoms with Crippen molar-refractivity contribution in [3.05, 3.63) is 235 Å². The van der Waals surface area contributed by atoms with Gasteiger partial charge in [0.15, 0.2) is 5.82 Å². The molecule has 1 aliphatic heterocycles. The van der Waals surface area contributed by atoms with E-state index in [4.69, 9.17) is 24.9 Å². The number of aromatic nitrogens is 5. The lowest BCUT2D eigenvalue weighted by atomic mass is 9.67. The first-order chi connectivity index (χ1) is 30.7. The molecule has 62 heavy (non-hydrogen) atoms. The molecule has 0 radical (unpaired) electrons. The lowest BCUT2D eigenvalue weighted by Crippen LogP contribution is -2.32. The third-order valence-electron chi connectivity index (χ3n) is 12.1. The van der Waals surface area contributed by atoms with Crippen LogP contribution in [-0.2, 0) is 5.41 Å². The molecule has 0 fully saturated rings. The van der Waals surface area contributed by atoms with Gasteiger partial charge in [-0.2, -0.15) is 0 Å². The van der Waals surface area contributed by atoms with Crippen LogP contribution in [0.15, 0.2) is 222 Å². The number of pyridine rings is 3. The Morgan fingerprint density at radius 3 is 1.39 bits per heavy atom. The van der Waals surface area contributed by atoms with Crippen molar-refractivity contribution < 1.29 is 0 Å². The monoisotopic (exact) mass is 809 g/mol. The number of nitrogens with zero attached hydrogens (tertiary/aromatic N) is 5. The lowest BCUT2D eigenvalue weighted by Gasteiger charge is -2.40. The Morgan fingerprint density at radius 1 is 0.306 bits per heavy atom. The summed E-state index contributed by atoms with van der Waals surface area (Å²) < 4.78 is 0. The van der Waals surface area contributed by atoms with Crippen LogP contribution in [0.2, 0.25) is 0 Å². The molecule has 1 aliphatic carbocycles. The van der Waals surface area contributed by atoms with Crippen molar-refractivity contribution >= 4 is 11.8 Å². The summed E-state index contributed by atoms with van der Waals surface area (Å²) in [5, 5.41) is 0. The van der Waals surface area contributed by atoms with E-state index in [1.54, 1.807) is 0 Å². The summed E-state index contributed by atoms with van der Waals surface area (Å²) in [5.74, 6) is 0.697. The number of benzene rings is 6. The van der Waals surface area contributed by atoms with Gasteiger partial charge in [-0.05, 0) is 111 Å². The normalized spacial score (nSPS) is 12.9. The van der Waals surface area contributed by atoms with Crippen molar-refractivity contribution in [3.63, 3.8) is 0 Å². The molecule has 0 bridgehead atoms. The second kappa shape index (κ2) is 14.7. The van der Waals surface area contributed by atoms with Gasteiger partial charge in [0, 0.05) is 38.9 Å². The van der Waals surface area contributed by atoms with Gasteiger partial charge >= 0.3 is 0 Å². The van der Waals surface area contributed by atoms with Crippen LogP contribution < -0.4 is 0 Å². The molecule has 6 aromatic carbocycles. The van der Waals surface area contributed by atoms with Crippen LogP contribution in [0.4, 0.5) is 0 Å². The Kier molecular flexibility index (Phi) is 8.57. The molecule has 2 aliphatic rings. The SMILES string of the molecule is c1ccc(-c2cc(-c3ccc4c(c3)C3(c5ccccc5Sc5ccccc53)c3cc(-c5cc(-c6ccccn6)nc(-c6ccccn6)c5)ccc3-4)nc(-c3ccccc3)n2)cc1. The highest BCUT2D eigenvalue weighted by molar-refractivity contribution is 7.99. The minimum Gasteiger partial charge on any atom is -0.255 e. The van der Waals surface area contributed by atoms with Crippen LogP contribution >= 0.6 is 11.8 Å². The molecule has 5 nitrogen and oxygen atoms in total. The maximum Gasteiger partial charge on any atom is 0.160 e. The van der Waals surface area contributed by atoms with E-state index < -0.39 is 5.41 Å². The maximum absolute atomic E-state index is 5.29. The fourth-order valence-electron chi connectivity index (χ4n) is 9.29. The highest BCUT2D eigenvalue weighted by Crippen LogP contribution is 2.63. The molecule has 1 spiro atoms. The fraction of sp³-hybridized carbons (Fsp3) is 0.0179. The van der Waals surface area contributed by atoms with Gasteiger partial charge in [-0.15, -0.1) is 0 Å². The molecular formula is C56H35N5S. The van der Waals surface area contributed by atoms with Crippen LogP contribution in [0.1, 0.15) is 22.3 Å². The standard InChI is InChI=1S/C56H35N5S/c1-3-15-36(16-4-1)49-35-50(61-55(60-49)37-17-5-2-6-18-37)39-26-28-42-41-27-25-38(40-33-51(47-21-11-13-29-57-47)59-52(34-40)48-22-12-14-30-58-48)31-45(41)56(46(42)32-39)43-19-7-9-23-53(43)62-54-24-10-8-20-44(54)56/h1-35H. The zero-order valence-corrected chi connectivity index (χ0v) is 34.2. The van der Waals surface area contributed by atoms with Gasteiger partial charge in [-0.3, -0.25) is 9.97 Å². The number of rotatable bonds is 6. The van der Waals surface area contributed by atoms with Gasteiger partial charge in [0.2, 0.25) is 0 Å². The van der Waals surface area contributed by atoms with E-state index in [0.29, 0.717) is 5.82 Å². The predicted octanol–water partition coefficient (Wildman–Crippen LogP) is 13.5. The molecule has 290 valence electrons. The van der Waals surface area contributed by atoms with E-state index in [1.807, 2.05) is 84.8 Å². The van der Waals surface area contributed by atoms with E-state index in [2.05, 4.69) is 140 Å². The second-order valence-electron chi connectivity index (χ2n) is 15.6. The van der Waals surface area contributed by atoms with Crippen LogP contribution in [0.5, 0.6) is 0 Å². The molecule has 0 unspecified atom stereocenters. The predicted molar refractivity (Wildman–Crippen MR) is 249 cm³/mol. The first-order valence-electron chi connectivity index (χ1n) is 20.7. The van der Waals surface area contributed by atoms with Gasteiger partial charge in [-0.1, -0.05) is 145 Å². The summed E-state index contributed by atoms with van der Waals surface area (Å²) in [6, 6.07) is 70.8. The van der Waals surface area contributed by atoms with Crippen molar-refractivity contribution in [3.8, 4) is 78.9 Å². The van der Waals surface area contributed by atoms with E-state index in [9.17, 15) is 0 Å². The summed E-state index contributed by atoms with van der Waals surface area (Å²) in [5.41, 5.74) is 17.0. The van der Waals surface area contributed by atoms with Gasteiger partial charge < -0.3 is 0 Å². The molecule has 0 atom stereocenters. The first-order valence-corrected chi connectivity index (χ1v) is 21.5. The summed E-state index contributed by atoms with van der Waals surface area (Å²) in [4.78, 5) is 27.4. The largest absolute Gasteiger partial charge is 0.255 e. The zero-order valence-electron chi connectivity index (χ0n) is 33.4. The number of hydrogen-bond donors (Lipinski definition) is 0. The highest BCUT2D eigenvalue weighted by atomic mass is 32.2. The third-order valence-corrected chi connectivity index (χ3v) is 13.2. The van der Waals surface area contributed by atoms with E-state index in [-0.39, 0.29) is 0 Å². The van der Waals surface area contributed by atoms with Crippen molar-refractivity contribution in [1.82, 2.24) is 24.9 Å². The summed E-state index contributed by atoms with van der Waals surface area (Å²) in [6.45, 7) is 0. The van der Waals surface area contributed by atoms with Crippen LogP contribution in [0.25, 0.3) is 78.9 Å². The maximum atomic E-state index is 5.29. The Bertz CT molecular complexity index is 2980. The highest BCUT2D eigenvalue weighted by Gasteiger charge is 2.50. The minimum atomic E-state index is -0.618. The average Bonchev–Trinajstić information content (AvgIpc) is 3.64. The van der Waals surface area contributed by atoms with Crippen molar-refractivity contribution in [2.75, 3.05) is 0 Å². The van der Waals surface area contributed by atoms with Crippen molar-refractivity contribution in [2.45, 2.75) is 15.2 Å². The third kappa shape index (κ3) is 5.91. The molecule has 0 saturated heterocycles. The minimum absolute atomic E-state index is 0.618. The Labute approximate surface area is 364 Å². The van der Waals surface area contributed by atoms with Gasteiger partial charge in [-0.25, -0.2) is 15.0 Å². The quantitative estimate of drug-likeness (QED) is 0.167. The van der Waals surface area contributed by atoms with Gasteiger partial charge in [0.05, 0.1) is 39.6 Å². The second-order valence-corrected chi connectivity index (χ2v) is 16.7. The van der Waals surface area contributed by atoms with E-state index in [1.165, 1.54) is 43.2 Å². The molecule has 5 heterocycles. The van der Waals surface area contributed by atoms with Crippen LogP contribution in [0, 0.1) is 0 Å². The molecule has 12 rings (SSSR count). The molecular weight excluding hydrogens is 775 g/mol. The Balaban J connectivity index is 1.11. The Hall–Kier alpha value is -7.80. The van der Waals surface area contributed by atoms with Gasteiger partial charge in [0.25, 0.3) is 0 Å². The smallest absolute Gasteiger partial charge is 0.160 e. The summed E-state index contributed by atoms with van der Waals surface area (Å²) in [7, 11) is 0. The molecule has 4 aromatic heterocycles. The molecule has 0 N–H and O–H groups in total. The molecule has 10 aromatic rings. The van der Waals surface area contributed by atoms with Gasteiger partial charge in [0.1, 0.15) is 0 Å². The lowest BCUT2D eigenvalue weighted by molar-refractivity contribution is 0.723. The topological polar surface area (TPSA) is 64.5 Å². The Morgan fingerprint density at radius 2 is 0.806 bits per heavy atom. The summed E-state index contributed by atoms with van der Waals surface area (Å²) >= 11 is 1.85. The van der Waals surface area contributed by atoms with Crippen LogP contribution in [-0.4, -0.2) is 24.9 Å². The molecule has 0 saturated carbocycles. The molecule has 0 amide bonds. The number of hydrogen-bond acceptors (Lipinski definition) is 6. The number of fused-ring (bicyclic) bond motifs is 9. The average molecular weight is 810 g/mol. The van der Waals surface area contributed by atoms with Crippen molar-refractivity contribution in [2.24, 2.45) is 0 Å². The van der Waals surface area contributed by atoms with Crippen LogP contribution in [0.3, 0.4) is 0 Å². The summed E-state index contributed by atoms with van der Waals surface area (Å²) in [6.07, 6.45) is 3.63. The van der Waals surface area contributed by atoms with E-state index in [0.717, 1.165) is 62.0 Å². The van der Waals surface area contributed by atoms with E-state index >= 15 is 0 Å². The zero-order chi connectivity index (χ0) is 41.0. The fourth-order valence-corrected chi connectivity index (χ4v) is 10.5. The first kappa shape index (κ1) is 36.1.